The molecule has 1 atom stereocenters. The number of hydrogen-bond donors (Lipinski definition) is 1. The zero-order valence-corrected chi connectivity index (χ0v) is 22.6. The Bertz CT molecular complexity index is 1360. The molecule has 0 aromatic heterocycles. The number of hydrogen-bond acceptors (Lipinski definition) is 7. The number of ketones is 1. The smallest absolute Gasteiger partial charge is 0.295 e. The second-order valence-corrected chi connectivity index (χ2v) is 9.19. The molecule has 0 radical (unpaired) electrons. The van der Waals surface area contributed by atoms with Crippen LogP contribution in [-0.2, 0) is 20.9 Å². The average Bonchev–Trinajstić information content (AvgIpc) is 3.21. The Balaban J connectivity index is 1.68. The van der Waals surface area contributed by atoms with Crippen molar-refractivity contribution in [2.45, 2.75) is 26.0 Å². The Morgan fingerprint density at radius 3 is 2.31 bits per heavy atom. The van der Waals surface area contributed by atoms with E-state index in [0.29, 0.717) is 48.0 Å². The predicted molar refractivity (Wildman–Crippen MR) is 147 cm³/mol. The maximum absolute atomic E-state index is 13.3. The molecular weight excluding hydrogens is 498 g/mol. The summed E-state index contributed by atoms with van der Waals surface area (Å²) in [5.74, 6) is -0.0965. The summed E-state index contributed by atoms with van der Waals surface area (Å²) in [7, 11) is 4.62. The highest BCUT2D eigenvalue weighted by Gasteiger charge is 2.46. The first kappa shape index (κ1) is 27.7. The molecule has 0 aliphatic carbocycles. The van der Waals surface area contributed by atoms with Crippen molar-refractivity contribution in [1.82, 2.24) is 4.90 Å². The minimum absolute atomic E-state index is 0.0122. The summed E-state index contributed by atoms with van der Waals surface area (Å²) in [5.41, 5.74) is 3.24. The van der Waals surface area contributed by atoms with Crippen LogP contribution in [0.15, 0.2) is 72.3 Å². The number of nitrogens with zero attached hydrogens (tertiary/aromatic N) is 1. The van der Waals surface area contributed by atoms with Crippen molar-refractivity contribution < 1.29 is 33.6 Å². The van der Waals surface area contributed by atoms with Crippen LogP contribution in [0.5, 0.6) is 17.2 Å². The van der Waals surface area contributed by atoms with E-state index in [1.54, 1.807) is 49.6 Å². The van der Waals surface area contributed by atoms with Crippen LogP contribution in [0.2, 0.25) is 0 Å². The molecule has 4 rings (SSSR count). The van der Waals surface area contributed by atoms with E-state index in [9.17, 15) is 14.7 Å². The van der Waals surface area contributed by atoms with E-state index < -0.39 is 17.7 Å². The lowest BCUT2D eigenvalue weighted by Gasteiger charge is -2.26. The van der Waals surface area contributed by atoms with Crippen molar-refractivity contribution in [3.8, 4) is 17.2 Å². The number of aliphatic hydroxyl groups is 1. The monoisotopic (exact) mass is 531 g/mol. The van der Waals surface area contributed by atoms with Gasteiger partial charge in [0.1, 0.15) is 18.1 Å². The number of likely N-dealkylation sites (tertiary alicyclic amines) is 1. The van der Waals surface area contributed by atoms with Crippen LogP contribution < -0.4 is 14.2 Å². The topological polar surface area (TPSA) is 94.5 Å². The van der Waals surface area contributed by atoms with Crippen molar-refractivity contribution in [2.24, 2.45) is 0 Å². The molecule has 1 heterocycles. The Hall–Kier alpha value is -4.30. The molecule has 1 aliphatic heterocycles. The quantitative estimate of drug-likeness (QED) is 0.160. The van der Waals surface area contributed by atoms with Gasteiger partial charge in [-0.15, -0.1) is 0 Å². The molecule has 204 valence electrons. The number of rotatable bonds is 11. The number of Topliss-reactive ketones (excluding diaryl/α,β-unsaturated/α-hetero) is 1. The molecule has 1 amide bonds. The van der Waals surface area contributed by atoms with E-state index in [1.165, 1.54) is 19.1 Å². The van der Waals surface area contributed by atoms with Gasteiger partial charge in [0, 0.05) is 25.8 Å². The summed E-state index contributed by atoms with van der Waals surface area (Å²) in [6.45, 7) is 3.13. The molecule has 0 spiro atoms. The summed E-state index contributed by atoms with van der Waals surface area (Å²) < 4.78 is 21.9. The van der Waals surface area contributed by atoms with Crippen LogP contribution in [0.4, 0.5) is 0 Å². The number of benzene rings is 3. The first-order chi connectivity index (χ1) is 18.9. The fourth-order valence-corrected chi connectivity index (χ4v) is 4.66. The predicted octanol–water partition coefficient (Wildman–Crippen LogP) is 5.05. The van der Waals surface area contributed by atoms with Gasteiger partial charge in [-0.05, 0) is 66.4 Å². The van der Waals surface area contributed by atoms with Crippen molar-refractivity contribution in [3.05, 3.63) is 94.6 Å². The molecular formula is C31H33NO7. The van der Waals surface area contributed by atoms with E-state index in [4.69, 9.17) is 18.9 Å². The first-order valence-corrected chi connectivity index (χ1v) is 12.7. The van der Waals surface area contributed by atoms with Crippen LogP contribution in [-0.4, -0.2) is 56.2 Å². The largest absolute Gasteiger partial charge is 0.507 e. The second-order valence-electron chi connectivity index (χ2n) is 9.19. The minimum Gasteiger partial charge on any atom is -0.507 e. The summed E-state index contributed by atoms with van der Waals surface area (Å²) in [6.07, 6.45) is 0.528. The number of amides is 1. The number of methoxy groups -OCH3 is 3. The highest BCUT2D eigenvalue weighted by molar-refractivity contribution is 6.46. The number of aliphatic hydroxyl groups excluding tert-OH is 1. The molecule has 8 heteroatoms. The van der Waals surface area contributed by atoms with Gasteiger partial charge in [-0.2, -0.15) is 0 Å². The molecule has 1 unspecified atom stereocenters. The zero-order valence-electron chi connectivity index (χ0n) is 22.6. The van der Waals surface area contributed by atoms with Gasteiger partial charge in [-0.1, -0.05) is 30.3 Å². The van der Waals surface area contributed by atoms with Gasteiger partial charge in [0.15, 0.2) is 11.5 Å². The average molecular weight is 532 g/mol. The standard InChI is InChI=1S/C31H33NO7/c1-20-8-5-6-9-23(20)19-39-24-13-10-21(11-14-24)29(33)27-28(22-12-15-25(37-3)26(18-22)38-4)32(16-7-17-36-2)31(35)30(27)34/h5-6,8-15,18,28,33H,7,16-17,19H2,1-4H3/b29-27-. The molecule has 8 nitrogen and oxygen atoms in total. The van der Waals surface area contributed by atoms with Gasteiger partial charge < -0.3 is 29.0 Å². The Morgan fingerprint density at radius 2 is 1.64 bits per heavy atom. The normalized spacial score (nSPS) is 16.4. The molecule has 1 saturated heterocycles. The van der Waals surface area contributed by atoms with Gasteiger partial charge in [0.05, 0.1) is 25.8 Å². The molecule has 39 heavy (non-hydrogen) atoms. The van der Waals surface area contributed by atoms with Crippen molar-refractivity contribution >= 4 is 17.4 Å². The van der Waals surface area contributed by atoms with Gasteiger partial charge in [-0.3, -0.25) is 9.59 Å². The third kappa shape index (κ3) is 5.91. The van der Waals surface area contributed by atoms with Gasteiger partial charge >= 0.3 is 0 Å². The molecule has 3 aromatic carbocycles. The maximum atomic E-state index is 13.3. The fourth-order valence-electron chi connectivity index (χ4n) is 4.66. The molecule has 0 bridgehead atoms. The SMILES string of the molecule is COCCCN1C(=O)C(=O)/C(=C(\O)c2ccc(OCc3ccccc3C)cc2)C1c1ccc(OC)c(OC)c1. The second kappa shape index (κ2) is 12.5. The maximum Gasteiger partial charge on any atom is 0.295 e. The van der Waals surface area contributed by atoms with Gasteiger partial charge in [0.2, 0.25) is 0 Å². The number of carbonyl (C=O) groups is 2. The van der Waals surface area contributed by atoms with E-state index in [0.717, 1.165) is 11.1 Å². The van der Waals surface area contributed by atoms with Gasteiger partial charge in [0.25, 0.3) is 11.7 Å². The Morgan fingerprint density at radius 1 is 0.923 bits per heavy atom. The third-order valence-electron chi connectivity index (χ3n) is 6.79. The Kier molecular flexibility index (Phi) is 8.88. The fraction of sp³-hybridized carbons (Fsp3) is 0.290. The van der Waals surface area contributed by atoms with Crippen LogP contribution in [0, 0.1) is 6.92 Å². The zero-order chi connectivity index (χ0) is 27.9. The van der Waals surface area contributed by atoms with E-state index in [2.05, 4.69) is 0 Å². The summed E-state index contributed by atoms with van der Waals surface area (Å²) in [4.78, 5) is 27.9. The van der Waals surface area contributed by atoms with Crippen molar-refractivity contribution in [3.63, 3.8) is 0 Å². The number of aryl methyl sites for hydroxylation is 1. The minimum atomic E-state index is -0.807. The van der Waals surface area contributed by atoms with E-state index >= 15 is 0 Å². The summed E-state index contributed by atoms with van der Waals surface area (Å²) in [5, 5.41) is 11.4. The highest BCUT2D eigenvalue weighted by atomic mass is 16.5. The molecule has 1 aliphatic rings. The third-order valence-corrected chi connectivity index (χ3v) is 6.79. The molecule has 0 saturated carbocycles. The van der Waals surface area contributed by atoms with Crippen LogP contribution in [0.3, 0.4) is 0 Å². The summed E-state index contributed by atoms with van der Waals surface area (Å²) in [6, 6.07) is 19.2. The van der Waals surface area contributed by atoms with Crippen LogP contribution in [0.25, 0.3) is 5.76 Å². The lowest BCUT2D eigenvalue weighted by molar-refractivity contribution is -0.140. The van der Waals surface area contributed by atoms with Crippen molar-refractivity contribution in [1.29, 1.82) is 0 Å². The lowest BCUT2D eigenvalue weighted by Crippen LogP contribution is -2.31. The first-order valence-electron chi connectivity index (χ1n) is 12.7. The number of carbonyl (C=O) groups excluding carboxylic acids is 2. The van der Waals surface area contributed by atoms with Crippen molar-refractivity contribution in [2.75, 3.05) is 34.5 Å². The van der Waals surface area contributed by atoms with E-state index in [-0.39, 0.29) is 17.9 Å². The highest BCUT2D eigenvalue weighted by Crippen LogP contribution is 2.42. The van der Waals surface area contributed by atoms with Crippen LogP contribution >= 0.6 is 0 Å². The Labute approximate surface area is 228 Å². The number of ether oxygens (including phenoxy) is 4. The van der Waals surface area contributed by atoms with Crippen LogP contribution in [0.1, 0.15) is 34.7 Å². The molecule has 1 N–H and O–H groups in total. The van der Waals surface area contributed by atoms with E-state index in [1.807, 2.05) is 31.2 Å². The van der Waals surface area contributed by atoms with Gasteiger partial charge in [-0.25, -0.2) is 0 Å². The molecule has 1 fully saturated rings. The molecule has 3 aromatic rings. The lowest BCUT2D eigenvalue weighted by atomic mass is 9.95. The summed E-state index contributed by atoms with van der Waals surface area (Å²) >= 11 is 0.